The normalized spacial score (nSPS) is 10.9. The summed E-state index contributed by atoms with van der Waals surface area (Å²) in [5, 5.41) is 8.37. The van der Waals surface area contributed by atoms with Crippen LogP contribution >= 0.6 is 15.9 Å². The summed E-state index contributed by atoms with van der Waals surface area (Å²) in [5.74, 6) is -0.230. The molecule has 0 saturated carbocycles. The number of aryl methyl sites for hydroxylation is 2. The number of halogens is 1. The summed E-state index contributed by atoms with van der Waals surface area (Å²) < 4.78 is 7.83. The van der Waals surface area contributed by atoms with Gasteiger partial charge >= 0.3 is 5.97 Å². The van der Waals surface area contributed by atoms with Gasteiger partial charge in [0.25, 0.3) is 0 Å². The van der Waals surface area contributed by atoms with Crippen LogP contribution in [-0.2, 0) is 16.1 Å². The third kappa shape index (κ3) is 3.32. The number of carbonyl (C=O) groups excluding carboxylic acids is 1. The Hall–Kier alpha value is -1.43. The van der Waals surface area contributed by atoms with Crippen LogP contribution in [0.2, 0.25) is 0 Å². The average molecular weight is 326 g/mol. The van der Waals surface area contributed by atoms with Gasteiger partial charge < -0.3 is 4.74 Å². The van der Waals surface area contributed by atoms with Gasteiger partial charge in [-0.15, -0.1) is 5.10 Å². The van der Waals surface area contributed by atoms with Crippen molar-refractivity contribution in [2.24, 2.45) is 0 Å². The Morgan fingerprint density at radius 2 is 2.21 bits per heavy atom. The fourth-order valence-electron chi connectivity index (χ4n) is 1.89. The molecule has 2 aromatic rings. The lowest BCUT2D eigenvalue weighted by molar-refractivity contribution is -0.141. The molecule has 0 aliphatic rings. The molecule has 2 rings (SSSR count). The molecule has 1 aromatic heterocycles. The second kappa shape index (κ2) is 6.14. The monoisotopic (exact) mass is 325 g/mol. The number of hydrogen-bond acceptors (Lipinski definition) is 4. The van der Waals surface area contributed by atoms with Crippen LogP contribution in [0.25, 0.3) is 11.0 Å². The Balaban J connectivity index is 1.98. The third-order valence-corrected chi connectivity index (χ3v) is 3.80. The van der Waals surface area contributed by atoms with Crippen molar-refractivity contribution in [1.29, 1.82) is 0 Å². The minimum atomic E-state index is -0.230. The zero-order valence-electron chi connectivity index (χ0n) is 11.0. The topological polar surface area (TPSA) is 57.0 Å². The van der Waals surface area contributed by atoms with E-state index in [1.54, 1.807) is 0 Å². The van der Waals surface area contributed by atoms with Gasteiger partial charge in [-0.2, -0.15) is 0 Å². The molecule has 0 aliphatic heterocycles. The van der Waals surface area contributed by atoms with Gasteiger partial charge in [0.1, 0.15) is 5.52 Å². The highest BCUT2D eigenvalue weighted by Crippen LogP contribution is 2.23. The molecule has 0 saturated heterocycles. The van der Waals surface area contributed by atoms with E-state index in [0.29, 0.717) is 6.61 Å². The van der Waals surface area contributed by atoms with E-state index in [9.17, 15) is 4.79 Å². The van der Waals surface area contributed by atoms with E-state index < -0.39 is 0 Å². The van der Waals surface area contributed by atoms with E-state index in [2.05, 4.69) is 26.2 Å². The van der Waals surface area contributed by atoms with Crippen LogP contribution in [0, 0.1) is 6.92 Å². The molecule has 19 heavy (non-hydrogen) atoms. The van der Waals surface area contributed by atoms with Gasteiger partial charge in [0.15, 0.2) is 0 Å². The highest BCUT2D eigenvalue weighted by atomic mass is 79.9. The molecule has 1 aromatic carbocycles. The van der Waals surface area contributed by atoms with Gasteiger partial charge in [0, 0.05) is 17.9 Å². The molecule has 0 aliphatic carbocycles. The zero-order chi connectivity index (χ0) is 13.8. The lowest BCUT2D eigenvalue weighted by atomic mass is 10.2. The molecular formula is C13H16BrN3O2. The van der Waals surface area contributed by atoms with Crippen LogP contribution in [0.15, 0.2) is 16.6 Å². The predicted molar refractivity (Wildman–Crippen MR) is 75.8 cm³/mol. The summed E-state index contributed by atoms with van der Waals surface area (Å²) in [5.41, 5.74) is 3.06. The molecule has 0 amide bonds. The van der Waals surface area contributed by atoms with E-state index in [1.807, 2.05) is 23.7 Å². The van der Waals surface area contributed by atoms with Crippen LogP contribution in [0.4, 0.5) is 0 Å². The number of hydrogen-bond donors (Lipinski definition) is 0. The minimum absolute atomic E-state index is 0.230. The lowest BCUT2D eigenvalue weighted by Crippen LogP contribution is -2.04. The van der Waals surface area contributed by atoms with Gasteiger partial charge in [0.2, 0.25) is 0 Å². The number of carbonyl (C=O) groups is 1. The Morgan fingerprint density at radius 3 is 2.95 bits per heavy atom. The van der Waals surface area contributed by atoms with Crippen molar-refractivity contribution in [1.82, 2.24) is 15.0 Å². The van der Waals surface area contributed by atoms with Crippen LogP contribution in [-0.4, -0.2) is 27.6 Å². The molecular weight excluding hydrogens is 310 g/mol. The van der Waals surface area contributed by atoms with Crippen LogP contribution in [0.1, 0.15) is 25.3 Å². The molecule has 0 fully saturated rings. The van der Waals surface area contributed by atoms with Crippen LogP contribution in [0.3, 0.4) is 0 Å². The number of benzene rings is 1. The average Bonchev–Trinajstić information content (AvgIpc) is 2.77. The van der Waals surface area contributed by atoms with E-state index in [1.165, 1.54) is 6.92 Å². The maximum atomic E-state index is 10.6. The van der Waals surface area contributed by atoms with Gasteiger partial charge in [-0.1, -0.05) is 21.1 Å². The first-order chi connectivity index (χ1) is 9.09. The van der Waals surface area contributed by atoms with Gasteiger partial charge in [-0.05, 0) is 37.5 Å². The van der Waals surface area contributed by atoms with Gasteiger partial charge in [0.05, 0.1) is 12.1 Å². The molecule has 0 unspecified atom stereocenters. The summed E-state index contributed by atoms with van der Waals surface area (Å²) in [7, 11) is 0. The minimum Gasteiger partial charge on any atom is -0.466 e. The fraction of sp³-hybridized carbons (Fsp3) is 0.462. The number of rotatable bonds is 5. The second-order valence-corrected chi connectivity index (χ2v) is 5.25. The smallest absolute Gasteiger partial charge is 0.302 e. The Kier molecular flexibility index (Phi) is 4.52. The Labute approximate surface area is 120 Å². The van der Waals surface area contributed by atoms with Crippen molar-refractivity contribution in [2.45, 2.75) is 33.2 Å². The largest absolute Gasteiger partial charge is 0.466 e. The van der Waals surface area contributed by atoms with Crippen molar-refractivity contribution < 1.29 is 9.53 Å². The summed E-state index contributed by atoms with van der Waals surface area (Å²) in [4.78, 5) is 10.6. The van der Waals surface area contributed by atoms with E-state index >= 15 is 0 Å². The van der Waals surface area contributed by atoms with Crippen molar-refractivity contribution in [3.05, 3.63) is 22.2 Å². The SMILES string of the molecule is CC(=O)OCCCCn1nnc2c(C)c(Br)ccc21. The third-order valence-electron chi connectivity index (χ3n) is 2.94. The molecule has 6 heteroatoms. The number of aromatic nitrogens is 3. The first-order valence-corrected chi connectivity index (χ1v) is 7.00. The molecule has 1 heterocycles. The Morgan fingerprint density at radius 1 is 1.42 bits per heavy atom. The number of nitrogens with zero attached hydrogens (tertiary/aromatic N) is 3. The highest BCUT2D eigenvalue weighted by Gasteiger charge is 2.08. The van der Waals surface area contributed by atoms with Crippen molar-refractivity contribution >= 4 is 32.9 Å². The predicted octanol–water partition coefficient (Wildman–Crippen LogP) is 2.85. The van der Waals surface area contributed by atoms with Gasteiger partial charge in [-0.25, -0.2) is 4.68 Å². The van der Waals surface area contributed by atoms with E-state index in [4.69, 9.17) is 4.74 Å². The fourth-order valence-corrected chi connectivity index (χ4v) is 2.21. The second-order valence-electron chi connectivity index (χ2n) is 4.40. The van der Waals surface area contributed by atoms with E-state index in [-0.39, 0.29) is 5.97 Å². The number of esters is 1. The first kappa shape index (κ1) is 14.0. The van der Waals surface area contributed by atoms with Crippen LogP contribution in [0.5, 0.6) is 0 Å². The van der Waals surface area contributed by atoms with Gasteiger partial charge in [-0.3, -0.25) is 4.79 Å². The molecule has 0 radical (unpaired) electrons. The molecule has 0 spiro atoms. The van der Waals surface area contributed by atoms with E-state index in [0.717, 1.165) is 40.5 Å². The number of unbranched alkanes of at least 4 members (excludes halogenated alkanes) is 1. The van der Waals surface area contributed by atoms with Crippen molar-refractivity contribution in [3.63, 3.8) is 0 Å². The number of ether oxygens (including phenoxy) is 1. The number of fused-ring (bicyclic) bond motifs is 1. The molecule has 0 atom stereocenters. The standard InChI is InChI=1S/C13H16BrN3O2/c1-9-11(14)5-6-12-13(9)15-16-17(12)7-3-4-8-19-10(2)18/h5-6H,3-4,7-8H2,1-2H3. The Bertz CT molecular complexity index is 595. The summed E-state index contributed by atoms with van der Waals surface area (Å²) >= 11 is 3.49. The van der Waals surface area contributed by atoms with Crippen molar-refractivity contribution in [3.8, 4) is 0 Å². The summed E-state index contributed by atoms with van der Waals surface area (Å²) in [6.07, 6.45) is 1.73. The quantitative estimate of drug-likeness (QED) is 0.626. The molecule has 5 nitrogen and oxygen atoms in total. The molecule has 102 valence electrons. The highest BCUT2D eigenvalue weighted by molar-refractivity contribution is 9.10. The van der Waals surface area contributed by atoms with Crippen molar-refractivity contribution in [2.75, 3.05) is 6.61 Å². The summed E-state index contributed by atoms with van der Waals surface area (Å²) in [6.45, 7) is 4.68. The lowest BCUT2D eigenvalue weighted by Gasteiger charge is -2.04. The first-order valence-electron chi connectivity index (χ1n) is 6.21. The maximum Gasteiger partial charge on any atom is 0.302 e. The van der Waals surface area contributed by atoms with Crippen LogP contribution < -0.4 is 0 Å². The zero-order valence-corrected chi connectivity index (χ0v) is 12.6. The maximum absolute atomic E-state index is 10.6. The molecule has 0 bridgehead atoms. The summed E-state index contributed by atoms with van der Waals surface area (Å²) in [6, 6.07) is 4.02. The molecule has 0 N–H and O–H groups in total.